The van der Waals surface area contributed by atoms with Crippen LogP contribution in [0.2, 0.25) is 0 Å². The van der Waals surface area contributed by atoms with Gasteiger partial charge >= 0.3 is 5.51 Å². The van der Waals surface area contributed by atoms with Crippen molar-refractivity contribution in [1.29, 1.82) is 0 Å². The molecule has 0 aromatic heterocycles. The minimum absolute atomic E-state index is 1.37. The van der Waals surface area contributed by atoms with Crippen molar-refractivity contribution < 1.29 is 30.6 Å². The quantitative estimate of drug-likeness (QED) is 0.125. The van der Waals surface area contributed by atoms with Gasteiger partial charge in [-0.25, -0.2) is 8.42 Å². The zero-order valence-electron chi connectivity index (χ0n) is 19.1. The lowest BCUT2D eigenvalue weighted by molar-refractivity contribution is -0.932. The van der Waals surface area contributed by atoms with Crippen LogP contribution >= 0.6 is 0 Å². The van der Waals surface area contributed by atoms with Gasteiger partial charge in [0.2, 0.25) is 0 Å². The highest BCUT2D eigenvalue weighted by Gasteiger charge is 2.37. The molecule has 0 unspecified atom stereocenters. The van der Waals surface area contributed by atoms with Crippen molar-refractivity contribution in [2.45, 2.75) is 116 Å². The molecular formula is C22H44F3NO3S. The molecule has 0 radical (unpaired) electrons. The maximum atomic E-state index is 10.7. The van der Waals surface area contributed by atoms with E-state index in [9.17, 15) is 13.2 Å². The molecule has 0 bridgehead atoms. The van der Waals surface area contributed by atoms with E-state index >= 15 is 0 Å². The van der Waals surface area contributed by atoms with Crippen LogP contribution in [0.3, 0.4) is 0 Å². The van der Waals surface area contributed by atoms with E-state index in [1.165, 1.54) is 127 Å². The third-order valence-electron chi connectivity index (χ3n) is 6.02. The molecule has 0 spiro atoms. The smallest absolute Gasteiger partial charge is 0.485 e. The standard InChI is InChI=1S/C21H44N.CHF3O3S/c1-3-5-7-8-9-10-11-12-13-15-19-22(18-6-4-2)20-16-14-17-21-22;2-1(3,4)8(5,6)7/h3-21H2,1-2H3;(H,5,6,7)/q+1;/p-1. The third-order valence-corrected chi connectivity index (χ3v) is 6.59. The molecule has 0 amide bonds. The SMILES string of the molecule is CCCCCCCCCCCC[N+]1(CCCC)CCCCC1.O=S(=O)([O-])C(F)(F)F. The Kier molecular flexibility index (Phi) is 16.1. The largest absolute Gasteiger partial charge is 0.741 e. The fourth-order valence-electron chi connectivity index (χ4n) is 4.17. The maximum absolute atomic E-state index is 10.7. The van der Waals surface area contributed by atoms with Crippen LogP contribution in [0.4, 0.5) is 13.2 Å². The van der Waals surface area contributed by atoms with Crippen molar-refractivity contribution in [1.82, 2.24) is 0 Å². The van der Waals surface area contributed by atoms with Gasteiger partial charge in [0.1, 0.15) is 0 Å². The van der Waals surface area contributed by atoms with Crippen LogP contribution in [-0.4, -0.2) is 49.1 Å². The van der Waals surface area contributed by atoms with Crippen LogP contribution in [0, 0.1) is 0 Å². The van der Waals surface area contributed by atoms with Gasteiger partial charge in [-0.1, -0.05) is 71.6 Å². The van der Waals surface area contributed by atoms with Crippen LogP contribution in [0.15, 0.2) is 0 Å². The zero-order chi connectivity index (χ0) is 22.9. The first-order valence-electron chi connectivity index (χ1n) is 12.0. The highest BCUT2D eigenvalue weighted by Crippen LogP contribution is 2.22. The third kappa shape index (κ3) is 14.6. The van der Waals surface area contributed by atoms with Gasteiger partial charge in [0.15, 0.2) is 10.1 Å². The number of nitrogens with zero attached hydrogens (tertiary/aromatic N) is 1. The van der Waals surface area contributed by atoms with Gasteiger partial charge in [-0.3, -0.25) is 0 Å². The number of rotatable bonds is 14. The molecule has 1 heterocycles. The van der Waals surface area contributed by atoms with Crippen LogP contribution in [0.5, 0.6) is 0 Å². The minimum Gasteiger partial charge on any atom is -0.741 e. The van der Waals surface area contributed by atoms with Gasteiger partial charge in [-0.05, 0) is 38.5 Å². The molecule has 0 N–H and O–H groups in total. The molecule has 0 aliphatic carbocycles. The lowest BCUT2D eigenvalue weighted by atomic mass is 10.0. The number of likely N-dealkylation sites (tertiary alicyclic amines) is 1. The average Bonchev–Trinajstić information content (AvgIpc) is 2.68. The first kappa shape index (κ1) is 29.7. The predicted octanol–water partition coefficient (Wildman–Crippen LogP) is 6.76. The summed E-state index contributed by atoms with van der Waals surface area (Å²) in [6.45, 7) is 10.6. The fourth-order valence-corrected chi connectivity index (χ4v) is 4.17. The second-order valence-corrected chi connectivity index (χ2v) is 10.1. The Morgan fingerprint density at radius 1 is 0.700 bits per heavy atom. The van der Waals surface area contributed by atoms with Gasteiger partial charge in [0.25, 0.3) is 0 Å². The van der Waals surface area contributed by atoms with E-state index in [1.54, 1.807) is 0 Å². The Bertz CT molecular complexity index is 504. The fraction of sp³-hybridized carbons (Fsp3) is 1.00. The summed E-state index contributed by atoms with van der Waals surface area (Å²) >= 11 is 0. The molecule has 1 saturated heterocycles. The summed E-state index contributed by atoms with van der Waals surface area (Å²) in [7, 11) is -6.09. The summed E-state index contributed by atoms with van der Waals surface area (Å²) in [5.74, 6) is 0. The van der Waals surface area contributed by atoms with Gasteiger partial charge in [0.05, 0.1) is 26.2 Å². The van der Waals surface area contributed by atoms with Crippen molar-refractivity contribution in [3.05, 3.63) is 0 Å². The predicted molar refractivity (Wildman–Crippen MR) is 116 cm³/mol. The summed E-state index contributed by atoms with van der Waals surface area (Å²) in [4.78, 5) is 0. The minimum atomic E-state index is -6.09. The first-order chi connectivity index (χ1) is 14.1. The summed E-state index contributed by atoms with van der Waals surface area (Å²) in [5.41, 5.74) is -5.65. The second kappa shape index (κ2) is 16.3. The molecule has 30 heavy (non-hydrogen) atoms. The molecular weight excluding hydrogens is 415 g/mol. The summed E-state index contributed by atoms with van der Waals surface area (Å²) < 4.78 is 60.4. The highest BCUT2D eigenvalue weighted by atomic mass is 32.2. The molecule has 1 aliphatic heterocycles. The summed E-state index contributed by atoms with van der Waals surface area (Å²) in [6, 6.07) is 0. The van der Waals surface area contributed by atoms with Gasteiger partial charge in [-0.2, -0.15) is 13.2 Å². The van der Waals surface area contributed by atoms with Crippen LogP contribution in [0.1, 0.15) is 110 Å². The lowest BCUT2D eigenvalue weighted by Gasteiger charge is -2.42. The number of halogens is 3. The Hall–Kier alpha value is -0.340. The molecule has 0 aromatic carbocycles. The van der Waals surface area contributed by atoms with Crippen molar-refractivity contribution in [3.63, 3.8) is 0 Å². The molecule has 4 nitrogen and oxygen atoms in total. The Morgan fingerprint density at radius 2 is 1.07 bits per heavy atom. The topological polar surface area (TPSA) is 57.2 Å². The van der Waals surface area contributed by atoms with E-state index in [4.69, 9.17) is 13.0 Å². The molecule has 8 heteroatoms. The molecule has 0 aromatic rings. The Balaban J connectivity index is 0.000000890. The average molecular weight is 460 g/mol. The molecule has 1 fully saturated rings. The first-order valence-corrected chi connectivity index (χ1v) is 13.4. The van der Waals surface area contributed by atoms with Crippen LogP contribution in [-0.2, 0) is 10.1 Å². The number of hydrogen-bond donors (Lipinski definition) is 0. The van der Waals surface area contributed by atoms with Crippen LogP contribution < -0.4 is 0 Å². The van der Waals surface area contributed by atoms with Crippen molar-refractivity contribution in [2.24, 2.45) is 0 Å². The highest BCUT2D eigenvalue weighted by molar-refractivity contribution is 7.86. The van der Waals surface area contributed by atoms with E-state index in [2.05, 4.69) is 13.8 Å². The van der Waals surface area contributed by atoms with Crippen molar-refractivity contribution in [3.8, 4) is 0 Å². The number of piperidine rings is 1. The second-order valence-electron chi connectivity index (χ2n) is 8.73. The lowest BCUT2D eigenvalue weighted by Crippen LogP contribution is -2.52. The maximum Gasteiger partial charge on any atom is 0.485 e. The van der Waals surface area contributed by atoms with Gasteiger partial charge in [0, 0.05) is 0 Å². The van der Waals surface area contributed by atoms with E-state index in [-0.39, 0.29) is 0 Å². The van der Waals surface area contributed by atoms with E-state index in [0.717, 1.165) is 0 Å². The zero-order valence-corrected chi connectivity index (χ0v) is 20.0. The van der Waals surface area contributed by atoms with E-state index < -0.39 is 15.6 Å². The van der Waals surface area contributed by atoms with Crippen molar-refractivity contribution in [2.75, 3.05) is 26.2 Å². The number of alkyl halides is 3. The number of unbranched alkanes of at least 4 members (excludes halogenated alkanes) is 10. The van der Waals surface area contributed by atoms with Crippen molar-refractivity contribution >= 4 is 10.1 Å². The van der Waals surface area contributed by atoms with Crippen LogP contribution in [0.25, 0.3) is 0 Å². The Morgan fingerprint density at radius 3 is 1.47 bits per heavy atom. The molecule has 0 saturated carbocycles. The van der Waals surface area contributed by atoms with E-state index in [1.807, 2.05) is 0 Å². The molecule has 1 aliphatic rings. The van der Waals surface area contributed by atoms with Gasteiger partial charge in [-0.15, -0.1) is 0 Å². The van der Waals surface area contributed by atoms with E-state index in [0.29, 0.717) is 0 Å². The van der Waals surface area contributed by atoms with Gasteiger partial charge < -0.3 is 9.04 Å². The number of hydrogen-bond acceptors (Lipinski definition) is 3. The molecule has 1 rings (SSSR count). The molecule has 0 atom stereocenters. The summed E-state index contributed by atoms with van der Waals surface area (Å²) in [5, 5.41) is 0. The Labute approximate surface area is 182 Å². The monoisotopic (exact) mass is 459 g/mol. The number of quaternary nitrogens is 1. The normalized spacial score (nSPS) is 16.7. The summed E-state index contributed by atoms with van der Waals surface area (Å²) in [6.07, 6.45) is 22.0. The molecule has 182 valence electrons.